The Labute approximate surface area is 138 Å². The van der Waals surface area contributed by atoms with Gasteiger partial charge in [0.1, 0.15) is 11.5 Å². The zero-order valence-electron chi connectivity index (χ0n) is 13.7. The number of rotatable bonds is 4. The number of carbonyl (C=O) groups excluding carboxylic acids is 1. The van der Waals surface area contributed by atoms with E-state index >= 15 is 0 Å². The average molecular weight is 331 g/mol. The first-order valence-electron chi connectivity index (χ1n) is 8.05. The van der Waals surface area contributed by atoms with Gasteiger partial charge < -0.3 is 15.2 Å². The summed E-state index contributed by atoms with van der Waals surface area (Å²) in [6.45, 7) is 6.52. The lowest BCUT2D eigenvalue weighted by molar-refractivity contribution is 0.0915. The predicted molar refractivity (Wildman–Crippen MR) is 86.5 cm³/mol. The normalized spacial score (nSPS) is 15.6. The van der Waals surface area contributed by atoms with Crippen molar-refractivity contribution in [2.75, 3.05) is 13.1 Å². The summed E-state index contributed by atoms with van der Waals surface area (Å²) in [5.74, 6) is 1.45. The largest absolute Gasteiger partial charge is 0.340 e. The second-order valence-electron chi connectivity index (χ2n) is 6.13. The number of aromatic amines is 1. The Bertz CT molecular complexity index is 760. The van der Waals surface area contributed by atoms with Gasteiger partial charge in [-0.2, -0.15) is 5.10 Å². The van der Waals surface area contributed by atoms with Crippen LogP contribution in [0.2, 0.25) is 0 Å². The molecule has 1 aliphatic heterocycles. The minimum atomic E-state index is -0.353. The minimum absolute atomic E-state index is 0.126. The van der Waals surface area contributed by atoms with Crippen LogP contribution in [-0.2, 0) is 13.0 Å². The second-order valence-corrected chi connectivity index (χ2v) is 6.13. The van der Waals surface area contributed by atoms with Gasteiger partial charge in [0.25, 0.3) is 11.5 Å². The molecule has 0 bridgehead atoms. The van der Waals surface area contributed by atoms with Gasteiger partial charge in [-0.1, -0.05) is 13.8 Å². The van der Waals surface area contributed by atoms with Crippen molar-refractivity contribution in [3.05, 3.63) is 39.8 Å². The van der Waals surface area contributed by atoms with Gasteiger partial charge >= 0.3 is 0 Å². The Balaban J connectivity index is 1.85. The number of carbonyl (C=O) groups is 1. The molecule has 1 aliphatic rings. The maximum atomic E-state index is 12.4. The molecule has 9 heteroatoms. The smallest absolute Gasteiger partial charge is 0.272 e. The van der Waals surface area contributed by atoms with E-state index in [4.69, 9.17) is 0 Å². The first kappa shape index (κ1) is 16.3. The molecule has 0 unspecified atom stereocenters. The second kappa shape index (κ2) is 6.91. The summed E-state index contributed by atoms with van der Waals surface area (Å²) in [4.78, 5) is 23.5. The Morgan fingerprint density at radius 3 is 2.83 bits per heavy atom. The highest BCUT2D eigenvalue weighted by Gasteiger charge is 2.27. The summed E-state index contributed by atoms with van der Waals surface area (Å²) in [5.41, 5.74) is -0.181. The highest BCUT2D eigenvalue weighted by Crippen LogP contribution is 2.22. The Kier molecular flexibility index (Phi) is 4.70. The number of H-pyrrole nitrogens is 1. The minimum Gasteiger partial charge on any atom is -0.340 e. The molecule has 128 valence electrons. The summed E-state index contributed by atoms with van der Waals surface area (Å²) in [7, 11) is 0. The highest BCUT2D eigenvalue weighted by molar-refractivity contribution is 5.92. The van der Waals surface area contributed by atoms with Gasteiger partial charge in [0.05, 0.1) is 6.04 Å². The van der Waals surface area contributed by atoms with E-state index in [0.717, 1.165) is 37.7 Å². The fourth-order valence-corrected chi connectivity index (χ4v) is 2.74. The van der Waals surface area contributed by atoms with Crippen molar-refractivity contribution in [1.29, 1.82) is 0 Å². The third kappa shape index (κ3) is 3.35. The molecule has 0 fully saturated rings. The van der Waals surface area contributed by atoms with E-state index in [-0.39, 0.29) is 29.1 Å². The average Bonchev–Trinajstić information content (AvgIpc) is 2.80. The number of hydrogen-bond donors (Lipinski definition) is 3. The van der Waals surface area contributed by atoms with Gasteiger partial charge in [0.2, 0.25) is 0 Å². The number of hydrogen-bond acceptors (Lipinski definition) is 6. The van der Waals surface area contributed by atoms with Crippen LogP contribution in [0.5, 0.6) is 0 Å². The van der Waals surface area contributed by atoms with E-state index in [0.29, 0.717) is 0 Å². The van der Waals surface area contributed by atoms with Crippen LogP contribution in [0, 0.1) is 5.92 Å². The molecule has 9 nitrogen and oxygen atoms in total. The molecule has 0 saturated heterocycles. The fraction of sp³-hybridized carbons (Fsp3) is 0.533. The van der Waals surface area contributed by atoms with Gasteiger partial charge in [-0.05, 0) is 12.0 Å². The first-order valence-corrected chi connectivity index (χ1v) is 8.05. The van der Waals surface area contributed by atoms with Crippen LogP contribution >= 0.6 is 0 Å². The lowest BCUT2D eigenvalue weighted by Gasteiger charge is -2.22. The van der Waals surface area contributed by atoms with Gasteiger partial charge in [-0.25, -0.2) is 5.10 Å². The third-order valence-corrected chi connectivity index (χ3v) is 4.04. The number of nitrogens with zero attached hydrogens (tertiary/aromatic N) is 4. The molecule has 1 amide bonds. The maximum Gasteiger partial charge on any atom is 0.272 e. The lowest BCUT2D eigenvalue weighted by Crippen LogP contribution is -2.35. The quantitative estimate of drug-likeness (QED) is 0.704. The Hall–Kier alpha value is -2.55. The summed E-state index contributed by atoms with van der Waals surface area (Å²) >= 11 is 0. The molecule has 3 N–H and O–H groups in total. The van der Waals surface area contributed by atoms with E-state index in [2.05, 4.69) is 35.6 Å². The lowest BCUT2D eigenvalue weighted by atomic mass is 10.0. The molecular formula is C15H21N7O2. The number of amides is 1. The first-order chi connectivity index (χ1) is 11.6. The monoisotopic (exact) mass is 331 g/mol. The number of aromatic nitrogens is 5. The molecule has 3 heterocycles. The highest BCUT2D eigenvalue weighted by atomic mass is 16.2. The van der Waals surface area contributed by atoms with E-state index < -0.39 is 0 Å². The van der Waals surface area contributed by atoms with Crippen molar-refractivity contribution in [2.45, 2.75) is 32.9 Å². The molecule has 0 aliphatic carbocycles. The summed E-state index contributed by atoms with van der Waals surface area (Å²) in [5, 5.41) is 20.9. The van der Waals surface area contributed by atoms with Crippen molar-refractivity contribution < 1.29 is 4.79 Å². The third-order valence-electron chi connectivity index (χ3n) is 4.04. The van der Waals surface area contributed by atoms with Gasteiger partial charge in [-0.15, -0.1) is 10.2 Å². The Morgan fingerprint density at radius 1 is 1.29 bits per heavy atom. The van der Waals surface area contributed by atoms with Gasteiger partial charge in [0.15, 0.2) is 5.82 Å². The van der Waals surface area contributed by atoms with E-state index in [1.807, 2.05) is 13.8 Å². The Morgan fingerprint density at radius 2 is 2.12 bits per heavy atom. The number of fused-ring (bicyclic) bond motifs is 1. The van der Waals surface area contributed by atoms with Crippen molar-refractivity contribution in [3.8, 4) is 0 Å². The van der Waals surface area contributed by atoms with Gasteiger partial charge in [0, 0.05) is 32.1 Å². The molecule has 0 saturated carbocycles. The van der Waals surface area contributed by atoms with E-state index in [1.54, 1.807) is 0 Å². The molecule has 0 spiro atoms. The topological polar surface area (TPSA) is 118 Å². The molecule has 0 radical (unpaired) electrons. The predicted octanol–water partition coefficient (Wildman–Crippen LogP) is -0.366. The fourth-order valence-electron chi connectivity index (χ4n) is 2.74. The van der Waals surface area contributed by atoms with Crippen LogP contribution < -0.4 is 16.2 Å². The van der Waals surface area contributed by atoms with Crippen LogP contribution in [0.4, 0.5) is 0 Å². The zero-order chi connectivity index (χ0) is 17.1. The molecule has 2 aromatic heterocycles. The molecule has 1 atom stereocenters. The summed E-state index contributed by atoms with van der Waals surface area (Å²) in [6, 6.07) is 2.39. The molecule has 0 aromatic carbocycles. The molecule has 3 rings (SSSR count). The van der Waals surface area contributed by atoms with Crippen LogP contribution in [0.25, 0.3) is 0 Å². The SMILES string of the molecule is CC(C)[C@@H](NC(=O)c1ccc(=O)[nH]n1)c1nnc2n1CCNCC2. The summed E-state index contributed by atoms with van der Waals surface area (Å²) < 4.78 is 2.07. The molecule has 2 aromatic rings. The van der Waals surface area contributed by atoms with Crippen LogP contribution in [0.1, 0.15) is 42.0 Å². The van der Waals surface area contributed by atoms with E-state index in [1.165, 1.54) is 12.1 Å². The van der Waals surface area contributed by atoms with Crippen LogP contribution in [-0.4, -0.2) is 44.0 Å². The maximum absolute atomic E-state index is 12.4. The number of nitrogens with one attached hydrogen (secondary N) is 3. The van der Waals surface area contributed by atoms with Crippen molar-refractivity contribution in [3.63, 3.8) is 0 Å². The molecular weight excluding hydrogens is 310 g/mol. The van der Waals surface area contributed by atoms with Crippen LogP contribution in [0.3, 0.4) is 0 Å². The van der Waals surface area contributed by atoms with Gasteiger partial charge in [-0.3, -0.25) is 9.59 Å². The molecule has 24 heavy (non-hydrogen) atoms. The van der Waals surface area contributed by atoms with Crippen molar-refractivity contribution in [1.82, 2.24) is 35.6 Å². The van der Waals surface area contributed by atoms with E-state index in [9.17, 15) is 9.59 Å². The van der Waals surface area contributed by atoms with Crippen molar-refractivity contribution in [2.24, 2.45) is 5.92 Å². The van der Waals surface area contributed by atoms with Crippen LogP contribution in [0.15, 0.2) is 16.9 Å². The van der Waals surface area contributed by atoms with Crippen molar-refractivity contribution >= 4 is 5.91 Å². The zero-order valence-corrected chi connectivity index (χ0v) is 13.7. The standard InChI is InChI=1S/C15H21N7O2/c1-9(2)13(17-15(24)10-3-4-12(23)20-18-10)14-21-19-11-5-6-16-7-8-22(11)14/h3-4,9,13,16H,5-8H2,1-2H3,(H,17,24)(H,20,23)/t13-/m1/s1. The summed E-state index contributed by atoms with van der Waals surface area (Å²) in [6.07, 6.45) is 0.813.